The van der Waals surface area contributed by atoms with Crippen molar-refractivity contribution in [2.24, 2.45) is 0 Å². The van der Waals surface area contributed by atoms with Crippen molar-refractivity contribution in [1.82, 2.24) is 14.9 Å². The second-order valence-electron chi connectivity index (χ2n) is 9.32. The maximum Gasteiger partial charge on any atom is 0.250 e. The molecule has 0 radical (unpaired) electrons. The van der Waals surface area contributed by atoms with Crippen molar-refractivity contribution in [3.63, 3.8) is 0 Å². The van der Waals surface area contributed by atoms with Gasteiger partial charge in [0.2, 0.25) is 5.91 Å². The third-order valence-corrected chi connectivity index (χ3v) is 7.40. The van der Waals surface area contributed by atoms with Gasteiger partial charge in [-0.2, -0.15) is 0 Å². The normalized spacial score (nSPS) is 16.8. The van der Waals surface area contributed by atoms with Crippen LogP contribution in [0.1, 0.15) is 34.7 Å². The smallest absolute Gasteiger partial charge is 0.250 e. The minimum Gasteiger partial charge on any atom is -0.508 e. The fourth-order valence-corrected chi connectivity index (χ4v) is 5.68. The summed E-state index contributed by atoms with van der Waals surface area (Å²) in [6.07, 6.45) is 1.77. The predicted octanol–water partition coefficient (Wildman–Crippen LogP) is 5.61. The number of carbonyl (C=O) groups excluding carboxylic acids is 1. The molecule has 5 rings (SSSR count). The number of nitrogens with zero attached hydrogens (tertiary/aromatic N) is 3. The summed E-state index contributed by atoms with van der Waals surface area (Å²) in [5, 5.41) is 17.0. The van der Waals surface area contributed by atoms with E-state index >= 15 is 0 Å². The highest BCUT2D eigenvalue weighted by molar-refractivity contribution is 7.80. The Balaban J connectivity index is 1.60. The second kappa shape index (κ2) is 11.1. The van der Waals surface area contributed by atoms with E-state index in [-0.39, 0.29) is 30.3 Å². The molecule has 3 N–H and O–H groups in total. The summed E-state index contributed by atoms with van der Waals surface area (Å²) >= 11 is 12.5. The number of anilines is 2. The first kappa shape index (κ1) is 26.7. The number of aromatic nitrogens is 2. The summed E-state index contributed by atoms with van der Waals surface area (Å²) in [7, 11) is 1.46. The van der Waals surface area contributed by atoms with Crippen molar-refractivity contribution >= 4 is 46.2 Å². The fourth-order valence-electron chi connectivity index (χ4n) is 5.11. The van der Waals surface area contributed by atoms with Crippen LogP contribution in [0.5, 0.6) is 5.75 Å². The number of halogens is 1. The van der Waals surface area contributed by atoms with E-state index in [0.29, 0.717) is 15.8 Å². The summed E-state index contributed by atoms with van der Waals surface area (Å²) in [5.74, 6) is -0.0767. The molecule has 8 nitrogen and oxygen atoms in total. The zero-order chi connectivity index (χ0) is 27.7. The van der Waals surface area contributed by atoms with Gasteiger partial charge in [-0.05, 0) is 92.3 Å². The number of hydrogen-bond donors (Lipinski definition) is 3. The number of hydrogen-bond acceptors (Lipinski definition) is 5. The Hall–Kier alpha value is -3.92. The Morgan fingerprint density at radius 2 is 1.87 bits per heavy atom. The van der Waals surface area contributed by atoms with Crippen LogP contribution in [0.3, 0.4) is 0 Å². The minimum atomic E-state index is -0.291. The molecule has 2 aromatic heterocycles. The number of amides is 1. The van der Waals surface area contributed by atoms with Crippen LogP contribution in [0, 0.1) is 13.8 Å². The molecule has 10 heteroatoms. The fraction of sp³-hybridized carbons (Fsp3) is 0.207. The maximum absolute atomic E-state index is 12.0. The molecule has 3 heterocycles. The number of methoxy groups -OCH3 is 1. The number of thiocarbonyl (C=S) groups is 1. The number of aromatic hydroxyl groups is 1. The molecule has 1 amide bonds. The van der Waals surface area contributed by atoms with E-state index < -0.39 is 0 Å². The molecule has 1 fully saturated rings. The lowest BCUT2D eigenvalue weighted by Crippen LogP contribution is -2.29. The number of benzene rings is 2. The van der Waals surface area contributed by atoms with Gasteiger partial charge in [0, 0.05) is 36.1 Å². The van der Waals surface area contributed by atoms with Crippen LogP contribution in [0.15, 0.2) is 72.9 Å². The summed E-state index contributed by atoms with van der Waals surface area (Å²) in [6.45, 7) is 4.06. The highest BCUT2D eigenvalue weighted by atomic mass is 35.5. The number of carbonyl (C=O) groups is 1. The second-order valence-corrected chi connectivity index (χ2v) is 10.1. The van der Waals surface area contributed by atoms with Crippen LogP contribution in [0.25, 0.3) is 5.69 Å². The van der Waals surface area contributed by atoms with Crippen molar-refractivity contribution in [2.45, 2.75) is 25.9 Å². The molecular weight excluding hydrogens is 534 g/mol. The van der Waals surface area contributed by atoms with Crippen molar-refractivity contribution in [3.8, 4) is 11.4 Å². The molecule has 0 bridgehead atoms. The average molecular weight is 562 g/mol. The van der Waals surface area contributed by atoms with Gasteiger partial charge in [0.1, 0.15) is 12.4 Å². The van der Waals surface area contributed by atoms with Gasteiger partial charge in [-0.15, -0.1) is 0 Å². The molecule has 200 valence electrons. The molecule has 1 aliphatic heterocycles. The van der Waals surface area contributed by atoms with Crippen LogP contribution < -0.4 is 15.5 Å². The molecule has 0 saturated carbocycles. The van der Waals surface area contributed by atoms with E-state index in [4.69, 9.17) is 28.6 Å². The van der Waals surface area contributed by atoms with E-state index in [2.05, 4.69) is 40.1 Å². The molecule has 0 spiro atoms. The standard InChI is InChI=1S/C29H28ClN5O3S/c1-17-14-22(18(2)34(17)19-7-10-21(36)11-8-19)28-27(25-6-4-5-13-31-25)33-29(39)35(28)20-9-12-24(23(30)15-20)32-26(37)16-38-3/h4-15,27-28,36H,16H2,1-3H3,(H,32,37)(H,33,39). The van der Waals surface area contributed by atoms with Crippen molar-refractivity contribution in [1.29, 1.82) is 0 Å². The lowest BCUT2D eigenvalue weighted by molar-refractivity contribution is -0.119. The number of pyridine rings is 1. The van der Waals surface area contributed by atoms with Crippen molar-refractivity contribution in [3.05, 3.63) is 101 Å². The summed E-state index contributed by atoms with van der Waals surface area (Å²) in [5.41, 5.74) is 6.22. The van der Waals surface area contributed by atoms with E-state index in [1.165, 1.54) is 7.11 Å². The lowest BCUT2D eigenvalue weighted by Gasteiger charge is -2.28. The maximum atomic E-state index is 12.0. The molecule has 2 aromatic carbocycles. The highest BCUT2D eigenvalue weighted by Gasteiger charge is 2.42. The van der Waals surface area contributed by atoms with Crippen LogP contribution in [0.4, 0.5) is 11.4 Å². The third kappa shape index (κ3) is 5.21. The minimum absolute atomic E-state index is 0.0668. The first-order chi connectivity index (χ1) is 18.8. The molecule has 39 heavy (non-hydrogen) atoms. The molecule has 2 unspecified atom stereocenters. The molecule has 0 aliphatic carbocycles. The van der Waals surface area contributed by atoms with E-state index in [1.54, 1.807) is 30.5 Å². The largest absolute Gasteiger partial charge is 0.508 e. The monoisotopic (exact) mass is 561 g/mol. The van der Waals surface area contributed by atoms with Gasteiger partial charge < -0.3 is 29.9 Å². The Morgan fingerprint density at radius 1 is 1.13 bits per heavy atom. The van der Waals surface area contributed by atoms with Gasteiger partial charge in [0.15, 0.2) is 5.11 Å². The van der Waals surface area contributed by atoms with Crippen LogP contribution in [0.2, 0.25) is 5.02 Å². The van der Waals surface area contributed by atoms with Crippen LogP contribution in [-0.4, -0.2) is 39.4 Å². The molecule has 4 aromatic rings. The molecular formula is C29H28ClN5O3S. The van der Waals surface area contributed by atoms with Gasteiger partial charge in [0.25, 0.3) is 0 Å². The molecule has 2 atom stereocenters. The predicted molar refractivity (Wildman–Crippen MR) is 157 cm³/mol. The van der Waals surface area contributed by atoms with Gasteiger partial charge in [-0.3, -0.25) is 9.78 Å². The molecule has 1 aliphatic rings. The highest BCUT2D eigenvalue weighted by Crippen LogP contribution is 2.44. The van der Waals surface area contributed by atoms with Gasteiger partial charge in [-0.25, -0.2) is 0 Å². The van der Waals surface area contributed by atoms with Crippen LogP contribution >= 0.6 is 23.8 Å². The zero-order valence-electron chi connectivity index (χ0n) is 21.7. The number of phenols is 1. The van der Waals surface area contributed by atoms with E-state index in [1.807, 2.05) is 41.3 Å². The third-order valence-electron chi connectivity index (χ3n) is 6.78. The number of rotatable bonds is 7. The van der Waals surface area contributed by atoms with E-state index in [0.717, 1.165) is 34.0 Å². The number of nitrogens with one attached hydrogen (secondary N) is 2. The summed E-state index contributed by atoms with van der Waals surface area (Å²) in [4.78, 5) is 18.7. The van der Waals surface area contributed by atoms with Gasteiger partial charge in [0.05, 0.1) is 28.5 Å². The topological polar surface area (TPSA) is 91.7 Å². The zero-order valence-corrected chi connectivity index (χ0v) is 23.3. The quantitative estimate of drug-likeness (QED) is 0.253. The van der Waals surface area contributed by atoms with Crippen molar-refractivity contribution in [2.75, 3.05) is 23.9 Å². The Bertz CT molecular complexity index is 1520. The first-order valence-corrected chi connectivity index (χ1v) is 13.1. The molecule has 1 saturated heterocycles. The average Bonchev–Trinajstić information content (AvgIpc) is 3.41. The van der Waals surface area contributed by atoms with Gasteiger partial charge >= 0.3 is 0 Å². The SMILES string of the molecule is COCC(=O)Nc1ccc(N2C(=S)NC(c3ccccn3)C2c2cc(C)n(-c3ccc(O)cc3)c2C)cc1Cl. The Labute approximate surface area is 237 Å². The lowest BCUT2D eigenvalue weighted by atomic mass is 9.96. The van der Waals surface area contributed by atoms with E-state index in [9.17, 15) is 9.90 Å². The number of ether oxygens (including phenoxy) is 1. The van der Waals surface area contributed by atoms with Crippen molar-refractivity contribution < 1.29 is 14.6 Å². The number of phenolic OH excluding ortho intramolecular Hbond substituents is 1. The number of aryl methyl sites for hydroxylation is 1. The summed E-state index contributed by atoms with van der Waals surface area (Å²) < 4.78 is 7.06. The summed E-state index contributed by atoms with van der Waals surface area (Å²) in [6, 6.07) is 20.1. The van der Waals surface area contributed by atoms with Crippen LogP contribution in [-0.2, 0) is 9.53 Å². The Morgan fingerprint density at radius 3 is 2.54 bits per heavy atom. The first-order valence-electron chi connectivity index (χ1n) is 12.4. The Kier molecular flexibility index (Phi) is 7.56. The van der Waals surface area contributed by atoms with Gasteiger partial charge in [-0.1, -0.05) is 17.7 Å².